The Bertz CT molecular complexity index is 82.7. The van der Waals surface area contributed by atoms with E-state index in [1.807, 2.05) is 0 Å². The summed E-state index contributed by atoms with van der Waals surface area (Å²) in [6.07, 6.45) is -4.43. The second-order valence-electron chi connectivity index (χ2n) is 0.903. The Morgan fingerprint density at radius 2 is 1.57 bits per heavy atom. The summed E-state index contributed by atoms with van der Waals surface area (Å²) < 4.78 is 32.8. The Morgan fingerprint density at radius 3 is 1.57 bits per heavy atom. The van der Waals surface area contributed by atoms with E-state index in [-0.39, 0.29) is 0 Å². The van der Waals surface area contributed by atoms with Gasteiger partial charge in [0, 0.05) is 0 Å². The molecule has 0 bridgehead atoms. The van der Waals surface area contributed by atoms with E-state index in [9.17, 15) is 13.2 Å². The molecule has 0 aromatic heterocycles. The van der Waals surface area contributed by atoms with Gasteiger partial charge in [-0.15, -0.1) is 0 Å². The van der Waals surface area contributed by atoms with Crippen LogP contribution in [0.2, 0.25) is 0 Å². The van der Waals surface area contributed by atoms with E-state index in [0.29, 0.717) is 0 Å². The maximum Gasteiger partial charge on any atom is 0.426 e. The predicted octanol–water partition coefficient (Wildman–Crippen LogP) is 2.30. The van der Waals surface area contributed by atoms with Crippen LogP contribution in [-0.2, 0) is 0 Å². The molecule has 0 nitrogen and oxygen atoms in total. The van der Waals surface area contributed by atoms with Crippen LogP contribution < -0.4 is 0 Å². The number of hydrogen-bond acceptors (Lipinski definition) is 0. The molecule has 0 saturated heterocycles. The lowest BCUT2D eigenvalue weighted by atomic mass is 10.6. The van der Waals surface area contributed by atoms with Crippen molar-refractivity contribution in [1.29, 1.82) is 0 Å². The minimum atomic E-state index is -4.43. The lowest BCUT2D eigenvalue weighted by Crippen LogP contribution is -2.04. The Labute approximate surface area is 43.6 Å². The van der Waals surface area contributed by atoms with Gasteiger partial charge in [-0.2, -0.15) is 13.2 Å². The highest BCUT2D eigenvalue weighted by Crippen LogP contribution is 2.26. The van der Waals surface area contributed by atoms with Gasteiger partial charge in [-0.05, 0) is 0 Å². The number of allylic oxidation sites excluding steroid dienone is 1. The Kier molecular flexibility index (Phi) is 1.69. The molecular weight excluding hydrogens is 128 g/mol. The fraction of sp³-hybridized carbons (Fsp3) is 0.333. The lowest BCUT2D eigenvalue weighted by molar-refractivity contribution is -0.0841. The molecule has 0 unspecified atom stereocenters. The molecule has 0 aromatic carbocycles. The third kappa shape index (κ3) is 2.51. The van der Waals surface area contributed by atoms with Crippen LogP contribution in [0.1, 0.15) is 0 Å². The van der Waals surface area contributed by atoms with Gasteiger partial charge in [0.05, 0.1) is 0 Å². The van der Waals surface area contributed by atoms with Crippen molar-refractivity contribution in [3.05, 3.63) is 11.6 Å². The molecule has 0 spiro atoms. The van der Waals surface area contributed by atoms with Crippen LogP contribution in [-0.4, -0.2) is 6.18 Å². The summed E-state index contributed by atoms with van der Waals surface area (Å²) in [6.45, 7) is 2.47. The van der Waals surface area contributed by atoms with Gasteiger partial charge in [0.2, 0.25) is 0 Å². The van der Waals surface area contributed by atoms with Gasteiger partial charge < -0.3 is 0 Å². The molecule has 0 aliphatic carbocycles. The van der Waals surface area contributed by atoms with E-state index in [2.05, 4.69) is 18.2 Å². The molecular formula is C3H2ClF3. The standard InChI is InChI=1S/C3H2ClF3/c1-2(4)3(5,6)7/h1H2. The first-order chi connectivity index (χ1) is 2.94. The van der Waals surface area contributed by atoms with Gasteiger partial charge in [-0.25, -0.2) is 0 Å². The predicted molar refractivity (Wildman–Crippen MR) is 21.0 cm³/mol. The fourth-order valence-corrected chi connectivity index (χ4v) is 0. The molecule has 0 rings (SSSR count). The normalized spacial score (nSPS) is 11.4. The highest BCUT2D eigenvalue weighted by atomic mass is 35.5. The Balaban J connectivity index is 3.79. The van der Waals surface area contributed by atoms with Crippen molar-refractivity contribution < 1.29 is 13.2 Å². The summed E-state index contributed by atoms with van der Waals surface area (Å²) in [5.41, 5.74) is 0. The van der Waals surface area contributed by atoms with Crippen LogP contribution in [0.5, 0.6) is 0 Å². The minimum Gasteiger partial charge on any atom is -0.165 e. The first kappa shape index (κ1) is 6.82. The summed E-state index contributed by atoms with van der Waals surface area (Å²) in [6, 6.07) is 0. The van der Waals surface area contributed by atoms with E-state index >= 15 is 0 Å². The molecule has 0 radical (unpaired) electrons. The van der Waals surface area contributed by atoms with Gasteiger partial charge in [-0.3, -0.25) is 0 Å². The summed E-state index contributed by atoms with van der Waals surface area (Å²) in [5.74, 6) is 0. The molecule has 4 heteroatoms. The molecule has 0 fully saturated rings. The second-order valence-corrected chi connectivity index (χ2v) is 1.36. The van der Waals surface area contributed by atoms with Crippen molar-refractivity contribution in [2.75, 3.05) is 0 Å². The number of hydrogen-bond donors (Lipinski definition) is 0. The Hall–Kier alpha value is -0.180. The van der Waals surface area contributed by atoms with Crippen LogP contribution in [0, 0.1) is 0 Å². The molecule has 0 saturated carbocycles. The van der Waals surface area contributed by atoms with Crippen LogP contribution in [0.25, 0.3) is 0 Å². The first-order valence-corrected chi connectivity index (χ1v) is 1.74. The van der Waals surface area contributed by atoms with Crippen molar-refractivity contribution in [2.24, 2.45) is 0 Å². The number of alkyl halides is 3. The molecule has 0 aromatic rings. The molecule has 0 heterocycles. The first-order valence-electron chi connectivity index (χ1n) is 1.36. The van der Waals surface area contributed by atoms with Gasteiger partial charge >= 0.3 is 6.18 Å². The second kappa shape index (κ2) is 1.74. The van der Waals surface area contributed by atoms with E-state index in [1.165, 1.54) is 0 Å². The van der Waals surface area contributed by atoms with Crippen molar-refractivity contribution in [3.63, 3.8) is 0 Å². The zero-order valence-corrected chi connectivity index (χ0v) is 3.97. The van der Waals surface area contributed by atoms with Crippen LogP contribution in [0.15, 0.2) is 11.6 Å². The summed E-state index contributed by atoms with van der Waals surface area (Å²) in [7, 11) is 0. The minimum absolute atomic E-state index is 1.28. The van der Waals surface area contributed by atoms with Gasteiger partial charge in [0.25, 0.3) is 0 Å². The highest BCUT2D eigenvalue weighted by Gasteiger charge is 2.30. The quantitative estimate of drug-likeness (QED) is 0.472. The van der Waals surface area contributed by atoms with Crippen molar-refractivity contribution in [2.45, 2.75) is 6.18 Å². The van der Waals surface area contributed by atoms with Crippen LogP contribution in [0.4, 0.5) is 13.2 Å². The third-order valence-electron chi connectivity index (χ3n) is 0.308. The van der Waals surface area contributed by atoms with Crippen LogP contribution in [0.3, 0.4) is 0 Å². The van der Waals surface area contributed by atoms with E-state index in [4.69, 9.17) is 0 Å². The molecule has 0 amide bonds. The maximum atomic E-state index is 10.9. The number of halogens is 4. The van der Waals surface area contributed by atoms with Crippen molar-refractivity contribution in [1.82, 2.24) is 0 Å². The van der Waals surface area contributed by atoms with E-state index < -0.39 is 11.2 Å². The maximum absolute atomic E-state index is 10.9. The lowest BCUT2D eigenvalue weighted by Gasteiger charge is -1.98. The van der Waals surface area contributed by atoms with Crippen LogP contribution >= 0.6 is 11.6 Å². The monoisotopic (exact) mass is 130 g/mol. The molecule has 7 heavy (non-hydrogen) atoms. The van der Waals surface area contributed by atoms with Gasteiger partial charge in [0.1, 0.15) is 5.03 Å². The zero-order valence-electron chi connectivity index (χ0n) is 3.22. The fourth-order valence-electron chi connectivity index (χ4n) is 0. The van der Waals surface area contributed by atoms with Gasteiger partial charge in [-0.1, -0.05) is 18.2 Å². The van der Waals surface area contributed by atoms with Crippen molar-refractivity contribution >= 4 is 11.6 Å². The average molecular weight is 130 g/mol. The van der Waals surface area contributed by atoms with E-state index in [0.717, 1.165) is 0 Å². The largest absolute Gasteiger partial charge is 0.426 e. The third-order valence-corrected chi connectivity index (χ3v) is 0.522. The van der Waals surface area contributed by atoms with Gasteiger partial charge in [0.15, 0.2) is 0 Å². The number of rotatable bonds is 0. The van der Waals surface area contributed by atoms with Crippen molar-refractivity contribution in [3.8, 4) is 0 Å². The smallest absolute Gasteiger partial charge is 0.165 e. The molecule has 42 valence electrons. The Morgan fingerprint density at radius 1 is 1.43 bits per heavy atom. The summed E-state index contributed by atoms with van der Waals surface area (Å²) in [5, 5.41) is -1.28. The summed E-state index contributed by atoms with van der Waals surface area (Å²) in [4.78, 5) is 0. The average Bonchev–Trinajstić information content (AvgIpc) is 1.31. The molecule has 0 atom stereocenters. The molecule has 0 N–H and O–H groups in total. The topological polar surface area (TPSA) is 0 Å². The molecule has 0 aliphatic rings. The van der Waals surface area contributed by atoms with E-state index in [1.54, 1.807) is 0 Å². The summed E-state index contributed by atoms with van der Waals surface area (Å²) >= 11 is 4.43. The SMILES string of the molecule is C=C(Cl)C(F)(F)F. The highest BCUT2D eigenvalue weighted by molar-refractivity contribution is 6.29. The zero-order chi connectivity index (χ0) is 6.08. The molecule has 0 aliphatic heterocycles.